The highest BCUT2D eigenvalue weighted by Crippen LogP contribution is 2.38. The molecule has 4 rings (SSSR count). The lowest BCUT2D eigenvalue weighted by Gasteiger charge is -2.43. The van der Waals surface area contributed by atoms with Crippen LogP contribution >= 0.6 is 0 Å². The lowest BCUT2D eigenvalue weighted by Crippen LogP contribution is -2.51. The average Bonchev–Trinajstić information content (AvgIpc) is 2.93. The molecule has 1 amide bonds. The second-order valence-electron chi connectivity index (χ2n) is 11.0. The van der Waals surface area contributed by atoms with Crippen molar-refractivity contribution < 1.29 is 9.53 Å². The topological polar surface area (TPSA) is 39.3 Å². The van der Waals surface area contributed by atoms with Crippen LogP contribution in [-0.2, 0) is 16.0 Å². The van der Waals surface area contributed by atoms with E-state index in [0.717, 1.165) is 76.4 Å². The van der Waals surface area contributed by atoms with E-state index in [1.807, 2.05) is 4.90 Å². The SMILES string of the molecule is CCCCN(CCCC)c1ccc(CC(=O)N2C=C3C(=C(OC)CCC3N3CCN(C)CC3)CC2)cc1. The van der Waals surface area contributed by atoms with Crippen molar-refractivity contribution in [2.75, 3.05) is 64.9 Å². The van der Waals surface area contributed by atoms with Gasteiger partial charge in [-0.25, -0.2) is 0 Å². The molecule has 0 spiro atoms. The van der Waals surface area contributed by atoms with Gasteiger partial charge < -0.3 is 19.4 Å². The molecule has 0 radical (unpaired) electrons. The van der Waals surface area contributed by atoms with Crippen LogP contribution in [0.2, 0.25) is 0 Å². The number of fused-ring (bicyclic) bond motifs is 1. The molecule has 2 heterocycles. The summed E-state index contributed by atoms with van der Waals surface area (Å²) in [7, 11) is 4.00. The van der Waals surface area contributed by atoms with Crippen molar-refractivity contribution >= 4 is 11.6 Å². The number of likely N-dealkylation sites (N-methyl/N-ethyl adjacent to an activating group) is 1. The molecule has 6 heteroatoms. The van der Waals surface area contributed by atoms with E-state index in [-0.39, 0.29) is 5.91 Å². The molecule has 1 unspecified atom stereocenters. The van der Waals surface area contributed by atoms with Crippen molar-refractivity contribution in [1.82, 2.24) is 14.7 Å². The maximum Gasteiger partial charge on any atom is 0.230 e. The van der Waals surface area contributed by atoms with E-state index in [1.165, 1.54) is 42.5 Å². The number of piperazine rings is 1. The minimum absolute atomic E-state index is 0.190. The molecule has 1 aromatic rings. The molecule has 0 saturated carbocycles. The number of rotatable bonds is 11. The molecule has 3 aliphatic rings. The van der Waals surface area contributed by atoms with Gasteiger partial charge in [0.05, 0.1) is 19.3 Å². The van der Waals surface area contributed by atoms with Crippen LogP contribution in [0.5, 0.6) is 0 Å². The van der Waals surface area contributed by atoms with Gasteiger partial charge in [0, 0.05) is 70.2 Å². The smallest absolute Gasteiger partial charge is 0.230 e. The van der Waals surface area contributed by atoms with Crippen LogP contribution in [-0.4, -0.2) is 86.6 Å². The zero-order valence-corrected chi connectivity index (χ0v) is 23.7. The molecule has 37 heavy (non-hydrogen) atoms. The van der Waals surface area contributed by atoms with Crippen molar-refractivity contribution in [3.05, 3.63) is 52.9 Å². The summed E-state index contributed by atoms with van der Waals surface area (Å²) in [5.41, 5.74) is 5.02. The highest BCUT2D eigenvalue weighted by molar-refractivity contribution is 5.80. The molecule has 0 aromatic heterocycles. The number of methoxy groups -OCH3 is 1. The van der Waals surface area contributed by atoms with Gasteiger partial charge >= 0.3 is 0 Å². The van der Waals surface area contributed by atoms with Crippen molar-refractivity contribution in [2.24, 2.45) is 0 Å². The number of benzene rings is 1. The fourth-order valence-corrected chi connectivity index (χ4v) is 5.95. The zero-order valence-electron chi connectivity index (χ0n) is 23.7. The Morgan fingerprint density at radius 1 is 0.973 bits per heavy atom. The number of hydrogen-bond acceptors (Lipinski definition) is 5. The van der Waals surface area contributed by atoms with E-state index in [1.54, 1.807) is 7.11 Å². The standard InChI is InChI=1S/C31H48N4O2/c1-5-7-16-33(17-8-6-2)26-11-9-25(10-12-26)23-31(36)35-18-15-27-28(24-35)29(13-14-30(27)37-4)34-21-19-32(3)20-22-34/h9-12,24,29H,5-8,13-23H2,1-4H3. The number of nitrogens with zero attached hydrogens (tertiary/aromatic N) is 4. The van der Waals surface area contributed by atoms with E-state index in [0.29, 0.717) is 12.5 Å². The van der Waals surface area contributed by atoms with Crippen LogP contribution in [0.3, 0.4) is 0 Å². The first-order chi connectivity index (χ1) is 18.0. The molecule has 0 bridgehead atoms. The summed E-state index contributed by atoms with van der Waals surface area (Å²) in [6.07, 6.45) is 10.4. The van der Waals surface area contributed by atoms with Gasteiger partial charge in [-0.15, -0.1) is 0 Å². The lowest BCUT2D eigenvalue weighted by atomic mass is 9.83. The fourth-order valence-electron chi connectivity index (χ4n) is 5.95. The number of carbonyl (C=O) groups is 1. The molecule has 2 aliphatic heterocycles. The Morgan fingerprint density at radius 3 is 2.27 bits per heavy atom. The van der Waals surface area contributed by atoms with Gasteiger partial charge in [0.25, 0.3) is 0 Å². The summed E-state index contributed by atoms with van der Waals surface area (Å²) in [6, 6.07) is 9.10. The third-order valence-corrected chi connectivity index (χ3v) is 8.35. The van der Waals surface area contributed by atoms with Crippen LogP contribution in [0.15, 0.2) is 47.4 Å². The molecule has 0 N–H and O–H groups in total. The van der Waals surface area contributed by atoms with E-state index in [2.05, 4.69) is 66.1 Å². The van der Waals surface area contributed by atoms with Crippen molar-refractivity contribution in [3.8, 4) is 0 Å². The molecule has 204 valence electrons. The molecular weight excluding hydrogens is 460 g/mol. The van der Waals surface area contributed by atoms with E-state index >= 15 is 0 Å². The summed E-state index contributed by atoms with van der Waals surface area (Å²) < 4.78 is 5.79. The number of allylic oxidation sites excluding steroid dienone is 1. The maximum absolute atomic E-state index is 13.4. The first-order valence-corrected chi connectivity index (χ1v) is 14.6. The van der Waals surface area contributed by atoms with E-state index in [4.69, 9.17) is 4.74 Å². The number of anilines is 1. The summed E-state index contributed by atoms with van der Waals surface area (Å²) >= 11 is 0. The number of carbonyl (C=O) groups excluding carboxylic acids is 1. The second kappa shape index (κ2) is 13.5. The number of amides is 1. The van der Waals surface area contributed by atoms with Crippen LogP contribution < -0.4 is 4.90 Å². The molecule has 1 atom stereocenters. The first-order valence-electron chi connectivity index (χ1n) is 14.6. The first kappa shape index (κ1) is 27.7. The van der Waals surface area contributed by atoms with Crippen molar-refractivity contribution in [2.45, 2.75) is 71.3 Å². The van der Waals surface area contributed by atoms with E-state index < -0.39 is 0 Å². The van der Waals surface area contributed by atoms with Gasteiger partial charge in [-0.3, -0.25) is 9.69 Å². The molecular formula is C31H48N4O2. The van der Waals surface area contributed by atoms with Crippen LogP contribution in [0, 0.1) is 0 Å². The largest absolute Gasteiger partial charge is 0.501 e. The van der Waals surface area contributed by atoms with Crippen molar-refractivity contribution in [1.29, 1.82) is 0 Å². The highest BCUT2D eigenvalue weighted by Gasteiger charge is 2.35. The Labute approximate surface area is 224 Å². The number of hydrogen-bond donors (Lipinski definition) is 0. The van der Waals surface area contributed by atoms with Gasteiger partial charge in [-0.1, -0.05) is 38.8 Å². The third kappa shape index (κ3) is 6.97. The van der Waals surface area contributed by atoms with Gasteiger partial charge in [0.15, 0.2) is 0 Å². The Hall–Kier alpha value is -2.31. The summed E-state index contributed by atoms with van der Waals surface area (Å²) in [6.45, 7) is 11.8. The fraction of sp³-hybridized carbons (Fsp3) is 0.645. The predicted molar refractivity (Wildman–Crippen MR) is 153 cm³/mol. The quantitative estimate of drug-likeness (QED) is 0.418. The molecule has 6 nitrogen and oxygen atoms in total. The Kier molecular flexibility index (Phi) is 10.1. The van der Waals surface area contributed by atoms with Crippen LogP contribution in [0.1, 0.15) is 64.4 Å². The van der Waals surface area contributed by atoms with Gasteiger partial charge in [0.2, 0.25) is 5.91 Å². The molecule has 1 saturated heterocycles. The molecule has 1 aliphatic carbocycles. The summed E-state index contributed by atoms with van der Waals surface area (Å²) in [4.78, 5) is 22.9. The van der Waals surface area contributed by atoms with Gasteiger partial charge in [0.1, 0.15) is 0 Å². The van der Waals surface area contributed by atoms with Crippen LogP contribution in [0.4, 0.5) is 5.69 Å². The van der Waals surface area contributed by atoms with Crippen molar-refractivity contribution in [3.63, 3.8) is 0 Å². The zero-order chi connectivity index (χ0) is 26.2. The Balaban J connectivity index is 1.45. The minimum Gasteiger partial charge on any atom is -0.501 e. The lowest BCUT2D eigenvalue weighted by molar-refractivity contribution is -0.128. The number of unbranched alkanes of at least 4 members (excludes halogenated alkanes) is 2. The van der Waals surface area contributed by atoms with Gasteiger partial charge in [-0.05, 0) is 61.6 Å². The van der Waals surface area contributed by atoms with Crippen LogP contribution in [0.25, 0.3) is 0 Å². The average molecular weight is 509 g/mol. The third-order valence-electron chi connectivity index (χ3n) is 8.35. The predicted octanol–water partition coefficient (Wildman–Crippen LogP) is 5.06. The summed E-state index contributed by atoms with van der Waals surface area (Å²) in [5, 5.41) is 0. The maximum atomic E-state index is 13.4. The molecule has 1 fully saturated rings. The van der Waals surface area contributed by atoms with E-state index in [9.17, 15) is 4.79 Å². The minimum atomic E-state index is 0.190. The highest BCUT2D eigenvalue weighted by atomic mass is 16.5. The Bertz CT molecular complexity index is 938. The monoisotopic (exact) mass is 508 g/mol. The normalized spacial score (nSPS) is 21.0. The Morgan fingerprint density at radius 2 is 1.65 bits per heavy atom. The second-order valence-corrected chi connectivity index (χ2v) is 11.0. The summed E-state index contributed by atoms with van der Waals surface area (Å²) in [5.74, 6) is 1.31. The molecule has 1 aromatic carbocycles. The van der Waals surface area contributed by atoms with Gasteiger partial charge in [-0.2, -0.15) is 0 Å². The number of ether oxygens (including phenoxy) is 1.